The van der Waals surface area contributed by atoms with Gasteiger partial charge in [-0.2, -0.15) is 4.39 Å². The van der Waals surface area contributed by atoms with E-state index in [1.807, 2.05) is 6.07 Å². The van der Waals surface area contributed by atoms with E-state index in [4.69, 9.17) is 0 Å². The third kappa shape index (κ3) is 1.72. The summed E-state index contributed by atoms with van der Waals surface area (Å²) in [7, 11) is 0. The molecule has 1 aromatic heterocycles. The van der Waals surface area contributed by atoms with E-state index in [2.05, 4.69) is 0 Å². The predicted molar refractivity (Wildman–Crippen MR) is 54.2 cm³/mol. The Balaban J connectivity index is 2.34. The Kier molecular flexibility index (Phi) is 2.41. The molecule has 0 amide bonds. The monoisotopic (exact) mass is 206 g/mol. The minimum Gasteiger partial charge on any atom is -0.288 e. The standard InChI is InChI=1S/C11H7FOS/c12-10-7-6-9(14-10)11(13)8-4-2-1-3-5-8/h1-7H. The maximum atomic E-state index is 12.7. The molecule has 0 radical (unpaired) electrons. The number of rotatable bonds is 2. The lowest BCUT2D eigenvalue weighted by atomic mass is 10.1. The number of carbonyl (C=O) groups is 1. The molecule has 0 spiro atoms. The Morgan fingerprint density at radius 1 is 1.07 bits per heavy atom. The highest BCUT2D eigenvalue weighted by Gasteiger charge is 2.10. The fourth-order valence-electron chi connectivity index (χ4n) is 1.17. The van der Waals surface area contributed by atoms with Crippen molar-refractivity contribution in [1.29, 1.82) is 0 Å². The van der Waals surface area contributed by atoms with Crippen LogP contribution in [-0.2, 0) is 0 Å². The van der Waals surface area contributed by atoms with E-state index in [0.717, 1.165) is 11.3 Å². The van der Waals surface area contributed by atoms with Gasteiger partial charge < -0.3 is 0 Å². The maximum Gasteiger partial charge on any atom is 0.203 e. The molecule has 1 aromatic carbocycles. The largest absolute Gasteiger partial charge is 0.288 e. The van der Waals surface area contributed by atoms with E-state index >= 15 is 0 Å². The first-order chi connectivity index (χ1) is 6.77. The first-order valence-electron chi connectivity index (χ1n) is 4.12. The third-order valence-corrected chi connectivity index (χ3v) is 2.71. The van der Waals surface area contributed by atoms with Gasteiger partial charge in [-0.25, -0.2) is 0 Å². The van der Waals surface area contributed by atoms with Crippen molar-refractivity contribution in [2.24, 2.45) is 0 Å². The zero-order chi connectivity index (χ0) is 9.97. The fraction of sp³-hybridized carbons (Fsp3) is 0. The van der Waals surface area contributed by atoms with Crippen molar-refractivity contribution in [3.8, 4) is 0 Å². The third-order valence-electron chi connectivity index (χ3n) is 1.83. The molecule has 0 saturated carbocycles. The average Bonchev–Trinajstić information content (AvgIpc) is 2.65. The minimum absolute atomic E-state index is 0.125. The van der Waals surface area contributed by atoms with Gasteiger partial charge >= 0.3 is 0 Å². The van der Waals surface area contributed by atoms with Gasteiger partial charge in [-0.05, 0) is 12.1 Å². The van der Waals surface area contributed by atoms with Crippen LogP contribution in [-0.4, -0.2) is 5.78 Å². The van der Waals surface area contributed by atoms with Gasteiger partial charge in [0.05, 0.1) is 4.88 Å². The second kappa shape index (κ2) is 3.72. The van der Waals surface area contributed by atoms with Crippen LogP contribution in [0, 0.1) is 5.13 Å². The fourth-order valence-corrected chi connectivity index (χ4v) is 1.86. The summed E-state index contributed by atoms with van der Waals surface area (Å²) in [6.45, 7) is 0. The zero-order valence-corrected chi connectivity index (χ0v) is 8.05. The summed E-state index contributed by atoms with van der Waals surface area (Å²) in [5.41, 5.74) is 0.592. The lowest BCUT2D eigenvalue weighted by molar-refractivity contribution is 0.104. The van der Waals surface area contributed by atoms with E-state index in [0.29, 0.717) is 10.4 Å². The van der Waals surface area contributed by atoms with E-state index in [1.54, 1.807) is 24.3 Å². The van der Waals surface area contributed by atoms with Crippen LogP contribution in [0.3, 0.4) is 0 Å². The Labute approximate surface area is 84.8 Å². The summed E-state index contributed by atoms with van der Waals surface area (Å²) >= 11 is 0.874. The van der Waals surface area contributed by atoms with Crippen molar-refractivity contribution < 1.29 is 9.18 Å². The number of carbonyl (C=O) groups excluding carboxylic acids is 1. The molecule has 70 valence electrons. The molecule has 14 heavy (non-hydrogen) atoms. The Hall–Kier alpha value is -1.48. The Morgan fingerprint density at radius 2 is 1.79 bits per heavy atom. The molecule has 0 unspecified atom stereocenters. The van der Waals surface area contributed by atoms with E-state index in [9.17, 15) is 9.18 Å². The van der Waals surface area contributed by atoms with Gasteiger partial charge in [0.25, 0.3) is 0 Å². The lowest BCUT2D eigenvalue weighted by Gasteiger charge is -1.95. The normalized spacial score (nSPS) is 10.1. The highest BCUT2D eigenvalue weighted by atomic mass is 32.1. The zero-order valence-electron chi connectivity index (χ0n) is 7.24. The van der Waals surface area contributed by atoms with Crippen LogP contribution in [0.4, 0.5) is 4.39 Å². The maximum absolute atomic E-state index is 12.7. The van der Waals surface area contributed by atoms with Crippen LogP contribution in [0.2, 0.25) is 0 Å². The van der Waals surface area contributed by atoms with Crippen LogP contribution in [0.25, 0.3) is 0 Å². The first kappa shape index (κ1) is 9.09. The number of hydrogen-bond acceptors (Lipinski definition) is 2. The molecule has 2 rings (SSSR count). The summed E-state index contributed by atoms with van der Waals surface area (Å²) in [5.74, 6) is -0.125. The number of halogens is 1. The molecule has 0 N–H and O–H groups in total. The first-order valence-corrected chi connectivity index (χ1v) is 4.94. The van der Waals surface area contributed by atoms with Crippen LogP contribution >= 0.6 is 11.3 Å². The van der Waals surface area contributed by atoms with Gasteiger partial charge in [-0.3, -0.25) is 4.79 Å². The molecule has 1 nitrogen and oxygen atoms in total. The number of hydrogen-bond donors (Lipinski definition) is 0. The van der Waals surface area contributed by atoms with Crippen molar-refractivity contribution in [2.75, 3.05) is 0 Å². The molecule has 0 aliphatic rings. The van der Waals surface area contributed by atoms with E-state index in [-0.39, 0.29) is 10.9 Å². The molecule has 0 atom stereocenters. The molecule has 0 saturated heterocycles. The summed E-state index contributed by atoms with van der Waals surface area (Å²) in [4.78, 5) is 12.1. The predicted octanol–water partition coefficient (Wildman–Crippen LogP) is 3.12. The van der Waals surface area contributed by atoms with Gasteiger partial charge in [0.2, 0.25) is 5.78 Å². The van der Waals surface area contributed by atoms with Crippen molar-refractivity contribution >= 4 is 17.1 Å². The molecule has 2 aromatic rings. The summed E-state index contributed by atoms with van der Waals surface area (Å²) in [6, 6.07) is 11.7. The van der Waals surface area contributed by atoms with Gasteiger partial charge in [-0.15, -0.1) is 11.3 Å². The van der Waals surface area contributed by atoms with Crippen molar-refractivity contribution in [2.45, 2.75) is 0 Å². The molecular weight excluding hydrogens is 199 g/mol. The number of thiophene rings is 1. The van der Waals surface area contributed by atoms with Crippen LogP contribution in [0.1, 0.15) is 15.2 Å². The lowest BCUT2D eigenvalue weighted by Crippen LogP contribution is -1.97. The summed E-state index contributed by atoms with van der Waals surface area (Å²) < 4.78 is 12.7. The second-order valence-electron chi connectivity index (χ2n) is 2.80. The molecule has 0 fully saturated rings. The van der Waals surface area contributed by atoms with Gasteiger partial charge in [0.15, 0.2) is 5.13 Å². The highest BCUT2D eigenvalue weighted by Crippen LogP contribution is 2.18. The molecular formula is C11H7FOS. The summed E-state index contributed by atoms with van der Waals surface area (Å²) in [6.07, 6.45) is 0. The van der Waals surface area contributed by atoms with Gasteiger partial charge in [-0.1, -0.05) is 30.3 Å². The molecule has 1 heterocycles. The minimum atomic E-state index is -0.329. The van der Waals surface area contributed by atoms with Crippen molar-refractivity contribution in [3.05, 3.63) is 58.0 Å². The average molecular weight is 206 g/mol. The van der Waals surface area contributed by atoms with E-state index < -0.39 is 0 Å². The SMILES string of the molecule is O=C(c1ccccc1)c1ccc(F)s1. The second-order valence-corrected chi connectivity index (χ2v) is 3.83. The van der Waals surface area contributed by atoms with Crippen LogP contribution in [0.15, 0.2) is 42.5 Å². The summed E-state index contributed by atoms with van der Waals surface area (Å²) in [5, 5.41) is -0.329. The Bertz CT molecular complexity index is 447. The molecule has 0 bridgehead atoms. The highest BCUT2D eigenvalue weighted by molar-refractivity contribution is 7.12. The van der Waals surface area contributed by atoms with Crippen LogP contribution < -0.4 is 0 Å². The Morgan fingerprint density at radius 3 is 2.36 bits per heavy atom. The molecule has 3 heteroatoms. The molecule has 0 aliphatic carbocycles. The number of benzene rings is 1. The van der Waals surface area contributed by atoms with E-state index in [1.165, 1.54) is 12.1 Å². The number of ketones is 1. The smallest absolute Gasteiger partial charge is 0.203 e. The topological polar surface area (TPSA) is 17.1 Å². The van der Waals surface area contributed by atoms with Crippen LogP contribution in [0.5, 0.6) is 0 Å². The quantitative estimate of drug-likeness (QED) is 0.690. The van der Waals surface area contributed by atoms with Crippen molar-refractivity contribution in [3.63, 3.8) is 0 Å². The van der Waals surface area contributed by atoms with Crippen molar-refractivity contribution in [1.82, 2.24) is 0 Å². The van der Waals surface area contributed by atoms with Gasteiger partial charge in [0, 0.05) is 5.56 Å². The molecule has 0 aliphatic heterocycles. The van der Waals surface area contributed by atoms with Gasteiger partial charge in [0.1, 0.15) is 0 Å².